The lowest BCUT2D eigenvalue weighted by molar-refractivity contribution is 0.0442. The zero-order valence-corrected chi connectivity index (χ0v) is 14.9. The molecule has 0 bridgehead atoms. The Labute approximate surface area is 149 Å². The molecule has 1 aliphatic carbocycles. The average Bonchev–Trinajstić information content (AvgIpc) is 3.07. The van der Waals surface area contributed by atoms with E-state index < -0.39 is 5.97 Å². The number of benzene rings is 1. The molecule has 0 unspecified atom stereocenters. The van der Waals surface area contributed by atoms with Gasteiger partial charge >= 0.3 is 5.97 Å². The van der Waals surface area contributed by atoms with Crippen LogP contribution in [-0.4, -0.2) is 18.4 Å². The zero-order chi connectivity index (χ0) is 16.9. The molecule has 1 fully saturated rings. The number of halogens is 1. The molecule has 4 nitrogen and oxygen atoms in total. The maximum atomic E-state index is 12.2. The summed E-state index contributed by atoms with van der Waals surface area (Å²) >= 11 is 3.12. The maximum absolute atomic E-state index is 12.2. The molecule has 1 heterocycles. The minimum Gasteiger partial charge on any atom is -0.451 e. The van der Waals surface area contributed by atoms with E-state index in [-0.39, 0.29) is 18.2 Å². The molecule has 1 aromatic carbocycles. The molecule has 0 atom stereocenters. The van der Waals surface area contributed by atoms with Crippen molar-refractivity contribution in [2.45, 2.75) is 38.0 Å². The Morgan fingerprint density at radius 2 is 1.75 bits per heavy atom. The fourth-order valence-corrected chi connectivity index (χ4v) is 3.39. The van der Waals surface area contributed by atoms with Gasteiger partial charge in [-0.2, -0.15) is 0 Å². The average molecular weight is 391 g/mol. The molecule has 1 saturated carbocycles. The summed E-state index contributed by atoms with van der Waals surface area (Å²) in [4.78, 5) is 23.9. The predicted octanol–water partition coefficient (Wildman–Crippen LogP) is 5.13. The summed E-state index contributed by atoms with van der Waals surface area (Å²) in [6.45, 7) is -0.292. The Bertz CT molecular complexity index is 711. The van der Waals surface area contributed by atoms with E-state index in [1.54, 1.807) is 6.07 Å². The highest BCUT2D eigenvalue weighted by molar-refractivity contribution is 9.10. The molecule has 1 aromatic heterocycles. The highest BCUT2D eigenvalue weighted by Gasteiger charge is 2.17. The SMILES string of the molecule is O=C(COC(=O)c1ccc(Br)o1)c1ccc(C2CCCCC2)cc1. The summed E-state index contributed by atoms with van der Waals surface area (Å²) in [5.74, 6) is -0.183. The molecule has 0 amide bonds. The maximum Gasteiger partial charge on any atom is 0.374 e. The highest BCUT2D eigenvalue weighted by Crippen LogP contribution is 2.32. The number of esters is 1. The minimum atomic E-state index is -0.645. The molecular weight excluding hydrogens is 372 g/mol. The molecule has 0 aliphatic heterocycles. The number of carbonyl (C=O) groups is 2. The normalized spacial score (nSPS) is 15.2. The van der Waals surface area contributed by atoms with Gasteiger partial charge in [0.15, 0.2) is 17.1 Å². The van der Waals surface area contributed by atoms with Crippen molar-refractivity contribution in [1.29, 1.82) is 0 Å². The Balaban J connectivity index is 1.55. The van der Waals surface area contributed by atoms with Crippen LogP contribution in [0.25, 0.3) is 0 Å². The number of carbonyl (C=O) groups excluding carboxylic acids is 2. The lowest BCUT2D eigenvalue weighted by Crippen LogP contribution is -2.14. The second kappa shape index (κ2) is 7.79. The molecule has 5 heteroatoms. The van der Waals surface area contributed by atoms with E-state index in [0.717, 1.165) is 0 Å². The van der Waals surface area contributed by atoms with Crippen LogP contribution in [0.4, 0.5) is 0 Å². The first-order valence-electron chi connectivity index (χ1n) is 8.19. The second-order valence-electron chi connectivity index (χ2n) is 6.06. The number of ketones is 1. The quantitative estimate of drug-likeness (QED) is 0.524. The largest absolute Gasteiger partial charge is 0.451 e. The van der Waals surface area contributed by atoms with Crippen LogP contribution in [0.15, 0.2) is 45.5 Å². The van der Waals surface area contributed by atoms with Gasteiger partial charge < -0.3 is 9.15 Å². The summed E-state index contributed by atoms with van der Waals surface area (Å²) < 4.78 is 10.5. The van der Waals surface area contributed by atoms with Crippen molar-refractivity contribution in [1.82, 2.24) is 0 Å². The van der Waals surface area contributed by atoms with Gasteiger partial charge in [-0.25, -0.2) is 4.79 Å². The third kappa shape index (κ3) is 4.15. The van der Waals surface area contributed by atoms with Crippen LogP contribution in [-0.2, 0) is 4.74 Å². The first-order chi connectivity index (χ1) is 11.6. The van der Waals surface area contributed by atoms with E-state index in [1.165, 1.54) is 43.7 Å². The fraction of sp³-hybridized carbons (Fsp3) is 0.368. The van der Waals surface area contributed by atoms with Crippen LogP contribution < -0.4 is 0 Å². The molecular formula is C19H19BrO4. The first kappa shape index (κ1) is 17.0. The van der Waals surface area contributed by atoms with Crippen molar-refractivity contribution in [2.24, 2.45) is 0 Å². The van der Waals surface area contributed by atoms with Crippen LogP contribution in [0.1, 0.15) is 64.5 Å². The van der Waals surface area contributed by atoms with Crippen molar-refractivity contribution in [3.05, 3.63) is 58.0 Å². The Morgan fingerprint density at radius 3 is 2.38 bits per heavy atom. The van der Waals surface area contributed by atoms with Gasteiger partial charge in [0.25, 0.3) is 0 Å². The van der Waals surface area contributed by atoms with Gasteiger partial charge in [-0.15, -0.1) is 0 Å². The second-order valence-corrected chi connectivity index (χ2v) is 6.84. The van der Waals surface area contributed by atoms with Crippen molar-refractivity contribution in [3.63, 3.8) is 0 Å². The third-order valence-electron chi connectivity index (χ3n) is 4.42. The molecule has 24 heavy (non-hydrogen) atoms. The smallest absolute Gasteiger partial charge is 0.374 e. The van der Waals surface area contributed by atoms with Crippen molar-refractivity contribution in [2.75, 3.05) is 6.61 Å². The van der Waals surface area contributed by atoms with Crippen LogP contribution in [0, 0.1) is 0 Å². The highest BCUT2D eigenvalue weighted by atomic mass is 79.9. The number of furan rings is 1. The molecule has 126 valence electrons. The van der Waals surface area contributed by atoms with Gasteiger partial charge in [0.05, 0.1) is 0 Å². The fourth-order valence-electron chi connectivity index (χ4n) is 3.09. The number of hydrogen-bond acceptors (Lipinski definition) is 4. The van der Waals surface area contributed by atoms with Crippen LogP contribution in [0.2, 0.25) is 0 Å². The van der Waals surface area contributed by atoms with Gasteiger partial charge in [-0.3, -0.25) is 4.79 Å². The van der Waals surface area contributed by atoms with Gasteiger partial charge in [0.2, 0.25) is 5.76 Å². The number of hydrogen-bond donors (Lipinski definition) is 0. The van der Waals surface area contributed by atoms with Crippen LogP contribution >= 0.6 is 15.9 Å². The van der Waals surface area contributed by atoms with E-state index in [1.807, 2.05) is 24.3 Å². The molecule has 2 aromatic rings. The van der Waals surface area contributed by atoms with E-state index in [4.69, 9.17) is 9.15 Å². The standard InChI is InChI=1S/C19H19BrO4/c20-18-11-10-17(24-18)19(22)23-12-16(21)15-8-6-14(7-9-15)13-4-2-1-3-5-13/h6-11,13H,1-5,12H2. The summed E-state index contributed by atoms with van der Waals surface area (Å²) in [5.41, 5.74) is 1.85. The Morgan fingerprint density at radius 1 is 1.04 bits per heavy atom. The lowest BCUT2D eigenvalue weighted by Gasteiger charge is -2.22. The third-order valence-corrected chi connectivity index (χ3v) is 4.84. The van der Waals surface area contributed by atoms with Gasteiger partial charge in [0, 0.05) is 5.56 Å². The van der Waals surface area contributed by atoms with Crippen molar-refractivity contribution in [3.8, 4) is 0 Å². The predicted molar refractivity (Wildman–Crippen MR) is 93.3 cm³/mol. The van der Waals surface area contributed by atoms with E-state index in [0.29, 0.717) is 16.2 Å². The van der Waals surface area contributed by atoms with Gasteiger partial charge in [-0.1, -0.05) is 43.5 Å². The molecule has 0 N–H and O–H groups in total. The number of rotatable bonds is 5. The Hall–Kier alpha value is -1.88. The van der Waals surface area contributed by atoms with Crippen LogP contribution in [0.5, 0.6) is 0 Å². The molecule has 1 aliphatic rings. The summed E-state index contributed by atoms with van der Waals surface area (Å²) in [7, 11) is 0. The van der Waals surface area contributed by atoms with Crippen LogP contribution in [0.3, 0.4) is 0 Å². The molecule has 0 saturated heterocycles. The lowest BCUT2D eigenvalue weighted by atomic mass is 9.84. The summed E-state index contributed by atoms with van der Waals surface area (Å²) in [5, 5.41) is 0. The molecule has 0 radical (unpaired) electrons. The summed E-state index contributed by atoms with van der Waals surface area (Å²) in [6, 6.07) is 10.8. The Kier molecular flexibility index (Phi) is 5.51. The number of ether oxygens (including phenoxy) is 1. The topological polar surface area (TPSA) is 56.5 Å². The van der Waals surface area contributed by atoms with Crippen molar-refractivity contribution < 1.29 is 18.7 Å². The summed E-state index contributed by atoms with van der Waals surface area (Å²) in [6.07, 6.45) is 6.34. The van der Waals surface area contributed by atoms with E-state index in [9.17, 15) is 9.59 Å². The van der Waals surface area contributed by atoms with Gasteiger partial charge in [-0.05, 0) is 52.4 Å². The van der Waals surface area contributed by atoms with E-state index >= 15 is 0 Å². The van der Waals surface area contributed by atoms with E-state index in [2.05, 4.69) is 15.9 Å². The number of Topliss-reactive ketones (excluding diaryl/α,β-unsaturated/α-hetero) is 1. The monoisotopic (exact) mass is 390 g/mol. The first-order valence-corrected chi connectivity index (χ1v) is 8.98. The van der Waals surface area contributed by atoms with Gasteiger partial charge in [0.1, 0.15) is 0 Å². The van der Waals surface area contributed by atoms with Crippen molar-refractivity contribution >= 4 is 27.7 Å². The minimum absolute atomic E-state index is 0.0716. The molecule has 3 rings (SSSR count). The molecule has 0 spiro atoms. The zero-order valence-electron chi connectivity index (χ0n) is 13.3.